The average molecular weight is 231 g/mol. The molecule has 0 radical (unpaired) electrons. The van der Waals surface area contributed by atoms with Crippen LogP contribution in [0.25, 0.3) is 11.0 Å². The van der Waals surface area contributed by atoms with E-state index < -0.39 is 0 Å². The number of thiol groups is 1. The van der Waals surface area contributed by atoms with Crippen molar-refractivity contribution in [3.8, 4) is 0 Å². The topological polar surface area (TPSA) is 28.7 Å². The second kappa shape index (κ2) is 4.63. The Hall–Kier alpha value is -0.337. The van der Waals surface area contributed by atoms with Gasteiger partial charge in [-0.3, -0.25) is 0 Å². The fourth-order valence-corrected chi connectivity index (χ4v) is 1.17. The SMILES string of the molecule is Sc1nc2ccccc2[nH]1.[CH3][Zn]. The monoisotopic (exact) mass is 229 g/mol. The van der Waals surface area contributed by atoms with Crippen LogP contribution < -0.4 is 0 Å². The Morgan fingerprint density at radius 3 is 2.67 bits per heavy atom. The Morgan fingerprint density at radius 1 is 1.33 bits per heavy atom. The number of nitrogens with zero attached hydrogens (tertiary/aromatic N) is 1. The number of rotatable bonds is 0. The molecule has 0 saturated heterocycles. The summed E-state index contributed by atoms with van der Waals surface area (Å²) in [5, 5.41) is 0.668. The number of nitrogens with one attached hydrogen (secondary N) is 1. The van der Waals surface area contributed by atoms with Gasteiger partial charge < -0.3 is 4.98 Å². The Morgan fingerprint density at radius 2 is 2.00 bits per heavy atom. The van der Waals surface area contributed by atoms with E-state index in [0.717, 1.165) is 11.0 Å². The molecular weight excluding hydrogens is 222 g/mol. The molecule has 0 aliphatic rings. The van der Waals surface area contributed by atoms with E-state index in [1.165, 1.54) is 18.3 Å². The van der Waals surface area contributed by atoms with Crippen LogP contribution in [0.3, 0.4) is 0 Å². The summed E-state index contributed by atoms with van der Waals surface area (Å²) >= 11 is 5.45. The first kappa shape index (κ1) is 9.75. The molecule has 0 aliphatic heterocycles. The molecule has 0 unspecified atom stereocenters. The van der Waals surface area contributed by atoms with Crippen molar-refractivity contribution in [3.63, 3.8) is 0 Å². The third-order valence-electron chi connectivity index (χ3n) is 1.38. The van der Waals surface area contributed by atoms with Gasteiger partial charge >= 0.3 is 23.8 Å². The van der Waals surface area contributed by atoms with Crippen LogP contribution >= 0.6 is 12.6 Å². The van der Waals surface area contributed by atoms with Crippen molar-refractivity contribution in [2.75, 3.05) is 0 Å². The molecule has 1 aromatic carbocycles. The Labute approximate surface area is 86.9 Å². The van der Waals surface area contributed by atoms with Crippen LogP contribution in [-0.2, 0) is 18.3 Å². The molecule has 0 bridgehead atoms. The first-order valence-electron chi connectivity index (χ1n) is 3.71. The summed E-state index contributed by atoms with van der Waals surface area (Å²) in [6.45, 7) is 0. The molecule has 0 aliphatic carbocycles. The first-order valence-corrected chi connectivity index (χ1v) is 7.12. The molecule has 59 valence electrons. The standard InChI is InChI=1S/C7H6N2S.CH3.Zn/c10-7-8-5-3-1-2-4-6(5)9-7;;/h1-4H,(H2,8,9,10);1H3;. The molecular formula is C8H9N2SZn. The van der Waals surface area contributed by atoms with Crippen LogP contribution in [0.4, 0.5) is 0 Å². The number of H-pyrrole nitrogens is 1. The van der Waals surface area contributed by atoms with Gasteiger partial charge in [-0.15, -0.1) is 12.6 Å². The van der Waals surface area contributed by atoms with Crippen LogP contribution in [-0.4, -0.2) is 9.97 Å². The van der Waals surface area contributed by atoms with Crippen LogP contribution in [0.15, 0.2) is 29.4 Å². The number of aromatic amines is 1. The summed E-state index contributed by atoms with van der Waals surface area (Å²) in [6.07, 6.45) is 0. The third kappa shape index (κ3) is 2.08. The van der Waals surface area contributed by atoms with Gasteiger partial charge in [0.1, 0.15) is 0 Å². The predicted molar refractivity (Wildman–Crippen MR) is 49.2 cm³/mol. The normalized spacial score (nSPS) is 9.33. The molecule has 1 aromatic heterocycles. The maximum absolute atomic E-state index is 4.12. The fourth-order valence-electron chi connectivity index (χ4n) is 0.939. The second-order valence-electron chi connectivity index (χ2n) is 2.08. The van der Waals surface area contributed by atoms with E-state index in [2.05, 4.69) is 28.1 Å². The molecule has 2 rings (SSSR count). The molecule has 2 nitrogen and oxygen atoms in total. The minimum atomic E-state index is 0.668. The van der Waals surface area contributed by atoms with Crippen LogP contribution in [0.1, 0.15) is 0 Å². The molecule has 4 heteroatoms. The molecule has 0 atom stereocenters. The average Bonchev–Trinajstić information content (AvgIpc) is 2.48. The van der Waals surface area contributed by atoms with Crippen molar-refractivity contribution in [2.45, 2.75) is 10.7 Å². The van der Waals surface area contributed by atoms with Crippen molar-refractivity contribution >= 4 is 23.7 Å². The van der Waals surface area contributed by atoms with E-state index in [4.69, 9.17) is 0 Å². The van der Waals surface area contributed by atoms with Gasteiger partial charge in [-0.05, 0) is 12.1 Å². The van der Waals surface area contributed by atoms with Gasteiger partial charge in [-0.1, -0.05) is 12.1 Å². The van der Waals surface area contributed by atoms with E-state index in [0.29, 0.717) is 5.16 Å². The van der Waals surface area contributed by atoms with Crippen LogP contribution in [0.2, 0.25) is 5.52 Å². The number of benzene rings is 1. The van der Waals surface area contributed by atoms with Crippen molar-refractivity contribution in [3.05, 3.63) is 24.3 Å². The zero-order valence-corrected chi connectivity index (χ0v) is 10.8. The quantitative estimate of drug-likeness (QED) is 0.528. The zero-order valence-electron chi connectivity index (χ0n) is 6.91. The van der Waals surface area contributed by atoms with Gasteiger partial charge in [-0.2, -0.15) is 0 Å². The molecule has 2 aromatic rings. The maximum atomic E-state index is 4.12. The third-order valence-corrected chi connectivity index (χ3v) is 1.59. The van der Waals surface area contributed by atoms with Gasteiger partial charge in [0.05, 0.1) is 11.0 Å². The molecule has 0 spiro atoms. The Bertz CT molecular complexity index is 326. The molecule has 1 N–H and O–H groups in total. The number of imidazole rings is 1. The number of hydrogen-bond donors (Lipinski definition) is 2. The van der Waals surface area contributed by atoms with Gasteiger partial charge in [0.2, 0.25) is 0 Å². The molecule has 0 fully saturated rings. The van der Waals surface area contributed by atoms with E-state index >= 15 is 0 Å². The summed E-state index contributed by atoms with van der Waals surface area (Å²) < 4.78 is 0. The molecule has 0 saturated carbocycles. The van der Waals surface area contributed by atoms with Gasteiger partial charge in [0, 0.05) is 0 Å². The van der Waals surface area contributed by atoms with Crippen molar-refractivity contribution in [1.29, 1.82) is 0 Å². The number of para-hydroxylation sites is 2. The second-order valence-corrected chi connectivity index (χ2v) is 2.50. The summed E-state index contributed by atoms with van der Waals surface area (Å²) in [6, 6.07) is 7.84. The van der Waals surface area contributed by atoms with E-state index in [1.807, 2.05) is 24.3 Å². The fraction of sp³-hybridized carbons (Fsp3) is 0.125. The van der Waals surface area contributed by atoms with Crippen LogP contribution in [0.5, 0.6) is 0 Å². The van der Waals surface area contributed by atoms with Gasteiger partial charge in [0.25, 0.3) is 0 Å². The Balaban J connectivity index is 0.000000336. The van der Waals surface area contributed by atoms with Crippen molar-refractivity contribution < 1.29 is 18.3 Å². The number of hydrogen-bond acceptors (Lipinski definition) is 2. The van der Waals surface area contributed by atoms with Gasteiger partial charge in [-0.25, -0.2) is 4.98 Å². The molecule has 1 heterocycles. The first-order chi connectivity index (χ1) is 5.86. The minimum absolute atomic E-state index is 0.668. The summed E-state index contributed by atoms with van der Waals surface area (Å²) in [7, 11) is 0. The Kier molecular flexibility index (Phi) is 3.76. The predicted octanol–water partition coefficient (Wildman–Crippen LogP) is 2.43. The van der Waals surface area contributed by atoms with E-state index in [9.17, 15) is 0 Å². The van der Waals surface area contributed by atoms with E-state index in [1.54, 1.807) is 0 Å². The van der Waals surface area contributed by atoms with Crippen molar-refractivity contribution in [2.24, 2.45) is 0 Å². The summed E-state index contributed by atoms with van der Waals surface area (Å²) in [5.74, 6) is 0. The summed E-state index contributed by atoms with van der Waals surface area (Å²) in [4.78, 5) is 7.13. The zero-order chi connectivity index (χ0) is 8.97. The number of aromatic nitrogens is 2. The summed E-state index contributed by atoms with van der Waals surface area (Å²) in [5.41, 5.74) is 4.12. The molecule has 12 heavy (non-hydrogen) atoms. The van der Waals surface area contributed by atoms with Crippen molar-refractivity contribution in [1.82, 2.24) is 9.97 Å². The molecule has 0 amide bonds. The van der Waals surface area contributed by atoms with Crippen LogP contribution in [0, 0.1) is 0 Å². The van der Waals surface area contributed by atoms with E-state index in [-0.39, 0.29) is 0 Å². The van der Waals surface area contributed by atoms with Gasteiger partial charge in [0.15, 0.2) is 5.16 Å². The number of fused-ring (bicyclic) bond motifs is 1.